The van der Waals surface area contributed by atoms with Gasteiger partial charge in [0.1, 0.15) is 0 Å². The van der Waals surface area contributed by atoms with Crippen LogP contribution in [0.15, 0.2) is 73.4 Å². The Morgan fingerprint density at radius 1 is 0.769 bits per heavy atom. The summed E-state index contributed by atoms with van der Waals surface area (Å²) in [6.07, 6.45) is 2.17. The molecular weight excluding hydrogens is 314 g/mol. The Morgan fingerprint density at radius 3 is 2.38 bits per heavy atom. The monoisotopic (exact) mass is 336 g/mol. The fourth-order valence-corrected chi connectivity index (χ4v) is 4.12. The minimum atomic E-state index is 0.126. The van der Waals surface area contributed by atoms with E-state index in [2.05, 4.69) is 98.8 Å². The van der Waals surface area contributed by atoms with Crippen LogP contribution >= 0.6 is 0 Å². The van der Waals surface area contributed by atoms with Gasteiger partial charge in [-0.3, -0.25) is 0 Å². The SMILES string of the molecule is C=C1c2ccc(C(C)(C)C)cc2-c2c3ccc4ccccc4c3cc[n+]21. The molecular formula is C25H22N+. The molecule has 0 amide bonds. The molecule has 5 rings (SSSR count). The lowest BCUT2D eigenvalue weighted by Gasteiger charge is -2.19. The number of rotatable bonds is 0. The number of hydrogen-bond acceptors (Lipinski definition) is 0. The van der Waals surface area contributed by atoms with Gasteiger partial charge in [-0.1, -0.05) is 57.2 Å². The molecule has 0 bridgehead atoms. The van der Waals surface area contributed by atoms with Crippen molar-refractivity contribution in [3.63, 3.8) is 0 Å². The van der Waals surface area contributed by atoms with Crippen molar-refractivity contribution in [3.05, 3.63) is 84.6 Å². The van der Waals surface area contributed by atoms with Crippen molar-refractivity contribution in [2.75, 3.05) is 0 Å². The minimum absolute atomic E-state index is 0.126. The molecule has 1 aromatic heterocycles. The molecule has 1 aliphatic rings. The first-order valence-electron chi connectivity index (χ1n) is 9.16. The predicted octanol–water partition coefficient (Wildman–Crippen LogP) is 6.08. The molecule has 0 spiro atoms. The van der Waals surface area contributed by atoms with Gasteiger partial charge in [-0.2, -0.15) is 4.57 Å². The van der Waals surface area contributed by atoms with Crippen LogP contribution < -0.4 is 4.57 Å². The molecule has 1 aliphatic heterocycles. The van der Waals surface area contributed by atoms with Crippen molar-refractivity contribution >= 4 is 27.2 Å². The third-order valence-electron chi connectivity index (χ3n) is 5.60. The maximum Gasteiger partial charge on any atom is 0.227 e. The van der Waals surface area contributed by atoms with E-state index in [9.17, 15) is 0 Å². The van der Waals surface area contributed by atoms with Crippen LogP contribution in [0.4, 0.5) is 0 Å². The average molecular weight is 336 g/mol. The van der Waals surface area contributed by atoms with E-state index in [0.29, 0.717) is 0 Å². The summed E-state index contributed by atoms with van der Waals surface area (Å²) >= 11 is 0. The highest BCUT2D eigenvalue weighted by molar-refractivity contribution is 6.11. The largest absolute Gasteiger partial charge is 0.227 e. The van der Waals surface area contributed by atoms with Crippen molar-refractivity contribution in [1.29, 1.82) is 0 Å². The molecule has 1 nitrogen and oxygen atoms in total. The lowest BCUT2D eigenvalue weighted by molar-refractivity contribution is -0.561. The van der Waals surface area contributed by atoms with E-state index in [1.54, 1.807) is 0 Å². The Hall–Kier alpha value is -2.93. The molecule has 0 fully saturated rings. The van der Waals surface area contributed by atoms with Crippen LogP contribution in [0.1, 0.15) is 31.9 Å². The Balaban J connectivity index is 1.90. The standard InChI is InChI=1S/C25H22N/c1-16-19-12-10-18(25(2,3)4)15-23(19)24-22-11-9-17-7-5-6-8-20(17)21(22)13-14-26(16)24/h5-15H,1H2,2-4H3/q+1. The number of aromatic nitrogens is 1. The van der Waals surface area contributed by atoms with Gasteiger partial charge in [-0.15, -0.1) is 0 Å². The third kappa shape index (κ3) is 2.00. The summed E-state index contributed by atoms with van der Waals surface area (Å²) in [5.41, 5.74) is 6.34. The number of fused-ring (bicyclic) bond motifs is 7. The molecule has 1 heteroatoms. The minimum Gasteiger partial charge on any atom is -0.159 e. The molecule has 0 N–H and O–H groups in total. The summed E-state index contributed by atoms with van der Waals surface area (Å²) in [5, 5.41) is 5.18. The van der Waals surface area contributed by atoms with Crippen molar-refractivity contribution in [2.24, 2.45) is 0 Å². The van der Waals surface area contributed by atoms with Crippen LogP contribution in [0.25, 0.3) is 38.5 Å². The Morgan fingerprint density at radius 2 is 1.58 bits per heavy atom. The average Bonchev–Trinajstić information content (AvgIpc) is 2.93. The van der Waals surface area contributed by atoms with Gasteiger partial charge in [0, 0.05) is 11.5 Å². The van der Waals surface area contributed by atoms with Gasteiger partial charge < -0.3 is 0 Å². The Labute approximate surface area is 154 Å². The molecule has 2 heterocycles. The Kier molecular flexibility index (Phi) is 2.98. The maximum absolute atomic E-state index is 4.36. The van der Waals surface area contributed by atoms with Crippen LogP contribution in [-0.4, -0.2) is 0 Å². The van der Waals surface area contributed by atoms with Gasteiger partial charge >= 0.3 is 0 Å². The van der Waals surface area contributed by atoms with Gasteiger partial charge in [0.2, 0.25) is 11.4 Å². The van der Waals surface area contributed by atoms with Gasteiger partial charge in [0.25, 0.3) is 0 Å². The first kappa shape index (κ1) is 15.3. The second-order valence-corrected chi connectivity index (χ2v) is 8.24. The zero-order valence-corrected chi connectivity index (χ0v) is 15.5. The van der Waals surface area contributed by atoms with Gasteiger partial charge in [-0.25, -0.2) is 0 Å². The van der Waals surface area contributed by atoms with Gasteiger partial charge in [0.15, 0.2) is 6.20 Å². The van der Waals surface area contributed by atoms with E-state index in [0.717, 1.165) is 5.70 Å². The van der Waals surface area contributed by atoms with Crippen molar-refractivity contribution in [2.45, 2.75) is 26.2 Å². The molecule has 0 radical (unpaired) electrons. The number of pyridine rings is 1. The van der Waals surface area contributed by atoms with Gasteiger partial charge in [0.05, 0.1) is 16.5 Å². The molecule has 0 unspecified atom stereocenters. The third-order valence-corrected chi connectivity index (χ3v) is 5.60. The summed E-state index contributed by atoms with van der Waals surface area (Å²) in [5.74, 6) is 0. The molecule has 0 saturated heterocycles. The zero-order valence-electron chi connectivity index (χ0n) is 15.5. The van der Waals surface area contributed by atoms with Crippen LogP contribution in [0.5, 0.6) is 0 Å². The van der Waals surface area contributed by atoms with E-state index >= 15 is 0 Å². The summed E-state index contributed by atoms with van der Waals surface area (Å²) in [4.78, 5) is 0. The highest BCUT2D eigenvalue weighted by Crippen LogP contribution is 2.40. The molecule has 0 saturated carbocycles. The summed E-state index contributed by atoms with van der Waals surface area (Å²) in [6.45, 7) is 11.2. The lowest BCUT2D eigenvalue weighted by Crippen LogP contribution is -2.29. The van der Waals surface area contributed by atoms with Crippen LogP contribution in [0, 0.1) is 0 Å². The molecule has 3 aromatic carbocycles. The molecule has 0 atom stereocenters. The van der Waals surface area contributed by atoms with Crippen LogP contribution in [0.2, 0.25) is 0 Å². The number of hydrogen-bond donors (Lipinski definition) is 0. The highest BCUT2D eigenvalue weighted by Gasteiger charge is 2.33. The van der Waals surface area contributed by atoms with Crippen molar-refractivity contribution in [3.8, 4) is 11.3 Å². The van der Waals surface area contributed by atoms with E-state index in [4.69, 9.17) is 0 Å². The fourth-order valence-electron chi connectivity index (χ4n) is 4.12. The van der Waals surface area contributed by atoms with E-state index < -0.39 is 0 Å². The maximum atomic E-state index is 4.36. The lowest BCUT2D eigenvalue weighted by atomic mass is 9.84. The normalized spacial score (nSPS) is 13.3. The number of nitrogens with zero attached hydrogens (tertiary/aromatic N) is 1. The van der Waals surface area contributed by atoms with Crippen LogP contribution in [-0.2, 0) is 5.41 Å². The summed E-state index contributed by atoms with van der Waals surface area (Å²) in [6, 6.07) is 22.2. The first-order chi connectivity index (χ1) is 12.4. The number of benzene rings is 3. The molecule has 0 aliphatic carbocycles. The van der Waals surface area contributed by atoms with Crippen LogP contribution in [0.3, 0.4) is 0 Å². The highest BCUT2D eigenvalue weighted by atomic mass is 15.0. The second kappa shape index (κ2) is 5.04. The summed E-state index contributed by atoms with van der Waals surface area (Å²) in [7, 11) is 0. The quantitative estimate of drug-likeness (QED) is 0.238. The van der Waals surface area contributed by atoms with Gasteiger partial charge in [-0.05, 0) is 46.5 Å². The second-order valence-electron chi connectivity index (χ2n) is 8.24. The molecule has 126 valence electrons. The van der Waals surface area contributed by atoms with E-state index in [-0.39, 0.29) is 5.41 Å². The molecule has 26 heavy (non-hydrogen) atoms. The topological polar surface area (TPSA) is 3.88 Å². The zero-order chi connectivity index (χ0) is 18.1. The fraction of sp³-hybridized carbons (Fsp3) is 0.160. The summed E-state index contributed by atoms with van der Waals surface area (Å²) < 4.78 is 2.24. The van der Waals surface area contributed by atoms with E-state index in [1.165, 1.54) is 43.9 Å². The van der Waals surface area contributed by atoms with Crippen molar-refractivity contribution in [1.82, 2.24) is 0 Å². The first-order valence-corrected chi connectivity index (χ1v) is 9.16. The Bertz CT molecular complexity index is 1220. The van der Waals surface area contributed by atoms with E-state index in [1.807, 2.05) is 0 Å². The molecule has 4 aromatic rings. The smallest absolute Gasteiger partial charge is 0.159 e. The van der Waals surface area contributed by atoms with Crippen molar-refractivity contribution < 1.29 is 4.57 Å². The predicted molar refractivity (Wildman–Crippen MR) is 110 cm³/mol.